The summed E-state index contributed by atoms with van der Waals surface area (Å²) < 4.78 is 2.13. The van der Waals surface area contributed by atoms with Crippen LogP contribution in [0.3, 0.4) is 0 Å². The van der Waals surface area contributed by atoms with Crippen LogP contribution in [-0.2, 0) is 41.9 Å². The molecule has 0 radical (unpaired) electrons. The summed E-state index contributed by atoms with van der Waals surface area (Å²) in [5, 5.41) is 6.65. The van der Waals surface area contributed by atoms with Gasteiger partial charge in [-0.05, 0) is 55.9 Å². The van der Waals surface area contributed by atoms with E-state index in [0.29, 0.717) is 36.3 Å². The van der Waals surface area contributed by atoms with Gasteiger partial charge >= 0.3 is 0 Å². The number of carbonyl (C=O) groups excluding carboxylic acids is 3. The van der Waals surface area contributed by atoms with Crippen LogP contribution in [0, 0.1) is 5.92 Å². The predicted octanol–water partition coefficient (Wildman–Crippen LogP) is 5.40. The van der Waals surface area contributed by atoms with Crippen LogP contribution in [0.25, 0.3) is 11.0 Å². The Morgan fingerprint density at radius 3 is 2.47 bits per heavy atom. The van der Waals surface area contributed by atoms with Crippen LogP contribution in [0.5, 0.6) is 0 Å². The molecule has 6 heterocycles. The summed E-state index contributed by atoms with van der Waals surface area (Å²) in [7, 11) is 3.57. The average molecular weight is 881 g/mol. The van der Waals surface area contributed by atoms with Crippen LogP contribution in [-0.4, -0.2) is 93.4 Å². The normalized spacial score (nSPS) is 20.3. The fraction of sp³-hybridized carbons (Fsp3) is 0.475. The summed E-state index contributed by atoms with van der Waals surface area (Å²) in [6.45, 7) is 4.16. The van der Waals surface area contributed by atoms with Crippen LogP contribution in [0.2, 0.25) is 0 Å². The smallest absolute Gasteiger partial charge is 0.270 e. The molecule has 13 heteroatoms. The molecule has 1 saturated carbocycles. The maximum atomic E-state index is 13.1. The van der Waals surface area contributed by atoms with Crippen molar-refractivity contribution in [2.45, 2.75) is 82.2 Å². The number of carbonyl (C=O) groups is 3. The number of nitrogens with zero attached hydrogens (tertiary/aromatic N) is 7. The van der Waals surface area contributed by atoms with Crippen LogP contribution in [0.15, 0.2) is 54.9 Å². The second-order valence-electron chi connectivity index (χ2n) is 15.2. The second-order valence-corrected chi connectivity index (χ2v) is 15.2. The fourth-order valence-electron chi connectivity index (χ4n) is 8.49. The Bertz CT molecular complexity index is 1940. The molecule has 276 valence electrons. The van der Waals surface area contributed by atoms with Crippen molar-refractivity contribution in [1.29, 1.82) is 0 Å². The van der Waals surface area contributed by atoms with Crippen molar-refractivity contribution in [2.75, 3.05) is 50.5 Å². The number of aryl methyl sites for hydroxylation is 1. The molecule has 12 nitrogen and oxygen atoms in total. The number of piperidine rings is 2. The van der Waals surface area contributed by atoms with Crippen LogP contribution in [0.4, 0.5) is 17.5 Å². The molecule has 2 N–H and O–H groups in total. The summed E-state index contributed by atoms with van der Waals surface area (Å²) in [6.07, 6.45) is 13.5. The van der Waals surface area contributed by atoms with Gasteiger partial charge in [0.2, 0.25) is 17.8 Å². The van der Waals surface area contributed by atoms with Gasteiger partial charge in [0.05, 0.1) is 17.8 Å². The van der Waals surface area contributed by atoms with Gasteiger partial charge in [0.1, 0.15) is 17.2 Å². The van der Waals surface area contributed by atoms with Crippen molar-refractivity contribution in [3.63, 3.8) is 0 Å². The zero-order chi connectivity index (χ0) is 35.8. The Balaban J connectivity index is 0.00000435. The van der Waals surface area contributed by atoms with E-state index >= 15 is 0 Å². The first-order chi connectivity index (χ1) is 25.3. The Labute approximate surface area is 329 Å². The Morgan fingerprint density at radius 2 is 1.75 bits per heavy atom. The van der Waals surface area contributed by atoms with Gasteiger partial charge in [-0.15, -0.1) is 13.1 Å². The molecule has 1 unspecified atom stereocenters. The molecule has 53 heavy (non-hydrogen) atoms. The molecule has 4 fully saturated rings. The van der Waals surface area contributed by atoms with Crippen molar-refractivity contribution in [1.82, 2.24) is 34.6 Å². The minimum Gasteiger partial charge on any atom is -0.370 e. The molecular formula is C40H48HfN9O3-. The van der Waals surface area contributed by atoms with Crippen LogP contribution >= 0.6 is 0 Å². The molecule has 8 rings (SSSR count). The maximum absolute atomic E-state index is 13.1. The molecule has 3 amide bonds. The van der Waals surface area contributed by atoms with Gasteiger partial charge in [-0.25, -0.2) is 9.97 Å². The number of fused-ring (bicyclic) bond motifs is 1. The number of hydrogen-bond donors (Lipinski definition) is 2. The zero-order valence-electron chi connectivity index (χ0n) is 30.7. The van der Waals surface area contributed by atoms with Gasteiger partial charge in [-0.1, -0.05) is 49.1 Å². The summed E-state index contributed by atoms with van der Waals surface area (Å²) in [5.41, 5.74) is 4.85. The fourth-order valence-corrected chi connectivity index (χ4v) is 8.49. The zero-order valence-corrected chi connectivity index (χ0v) is 34.3. The third kappa shape index (κ3) is 8.11. The molecule has 1 aliphatic carbocycles. The summed E-state index contributed by atoms with van der Waals surface area (Å²) in [6, 6.07) is 15.2. The van der Waals surface area contributed by atoms with E-state index < -0.39 is 0 Å². The van der Waals surface area contributed by atoms with Crippen molar-refractivity contribution >= 4 is 46.2 Å². The number of anilines is 3. The molecule has 1 aromatic carbocycles. The Morgan fingerprint density at radius 1 is 0.962 bits per heavy atom. The van der Waals surface area contributed by atoms with E-state index in [1.54, 1.807) is 31.1 Å². The summed E-state index contributed by atoms with van der Waals surface area (Å²) in [5.74, 6) is 2.17. The Hall–Kier alpha value is -3.97. The maximum Gasteiger partial charge on any atom is 0.270 e. The average Bonchev–Trinajstić information content (AvgIpc) is 3.79. The monoisotopic (exact) mass is 882 g/mol. The van der Waals surface area contributed by atoms with Gasteiger partial charge in [-0.2, -0.15) is 11.4 Å². The van der Waals surface area contributed by atoms with E-state index in [-0.39, 0.29) is 55.5 Å². The van der Waals surface area contributed by atoms with Gasteiger partial charge in [0.25, 0.3) is 5.91 Å². The number of nitrogens with one attached hydrogen (secondary N) is 2. The number of hydrogen-bond acceptors (Lipinski definition) is 9. The minimum atomic E-state index is -0.229. The van der Waals surface area contributed by atoms with Crippen LogP contribution < -0.4 is 15.5 Å². The molecular weight excluding hydrogens is 833 g/mol. The molecule has 3 aromatic heterocycles. The van der Waals surface area contributed by atoms with Crippen molar-refractivity contribution < 1.29 is 40.2 Å². The molecule has 4 aromatic rings. The molecule has 4 aliphatic rings. The van der Waals surface area contributed by atoms with Crippen molar-refractivity contribution in [3.05, 3.63) is 77.6 Å². The van der Waals surface area contributed by atoms with E-state index in [2.05, 4.69) is 48.2 Å². The van der Waals surface area contributed by atoms with E-state index in [0.717, 1.165) is 99.8 Å². The van der Waals surface area contributed by atoms with Gasteiger partial charge in [0.15, 0.2) is 0 Å². The number of pyridine rings is 1. The van der Waals surface area contributed by atoms with E-state index in [9.17, 15) is 14.4 Å². The van der Waals surface area contributed by atoms with E-state index in [4.69, 9.17) is 9.97 Å². The second kappa shape index (κ2) is 16.2. The van der Waals surface area contributed by atoms with Gasteiger partial charge in [0, 0.05) is 83.1 Å². The van der Waals surface area contributed by atoms with E-state index in [1.165, 1.54) is 5.56 Å². The number of rotatable bonds is 10. The number of aromatic nitrogens is 4. The molecule has 0 bridgehead atoms. The summed E-state index contributed by atoms with van der Waals surface area (Å²) >= 11 is 0. The SMILES string of the molecule is CN(C)C(=O)c1cc2cnc(Nc3ccc(N4CCC(N5C[C-](CCc6cccc(C7CCC(=O)NC7=O)c6)C5)CC4)cn3)nc2n1C1CCCC1.[Hf]. The molecule has 1 atom stereocenters. The van der Waals surface area contributed by atoms with E-state index in [1.807, 2.05) is 30.5 Å². The topological polar surface area (TPSA) is 129 Å². The first kappa shape index (κ1) is 37.3. The minimum absolute atomic E-state index is 0. The van der Waals surface area contributed by atoms with Crippen molar-refractivity contribution in [3.8, 4) is 0 Å². The third-order valence-electron chi connectivity index (χ3n) is 11.4. The standard InChI is InChI=1S/C40H48N9O3.Hf/c1-46(2)39(52)34-21-29-22-42-40(45-37(29)49(34)31-8-3-4-9-31)43-35-14-12-32(23-41-35)47-18-16-30(17-19-47)48-24-27(25-48)11-10-26-6-5-7-28(20-26)33-13-15-36(50)44-38(33)51;/h5-7,12,14,20-23,30-31,33H,3-4,8-11,13,15-19,24-25H2,1-2H3,(H,44,50,51)(H,41,42,43,45);/q-1;. The molecule has 3 saturated heterocycles. The van der Waals surface area contributed by atoms with Gasteiger partial charge in [-0.3, -0.25) is 25.6 Å². The molecule has 3 aliphatic heterocycles. The van der Waals surface area contributed by atoms with Gasteiger partial charge < -0.3 is 24.6 Å². The van der Waals surface area contributed by atoms with Crippen LogP contribution in [0.1, 0.15) is 91.4 Å². The number of imide groups is 1. The third-order valence-corrected chi connectivity index (χ3v) is 11.4. The number of amides is 3. The Kier molecular flexibility index (Phi) is 11.4. The summed E-state index contributed by atoms with van der Waals surface area (Å²) in [4.78, 5) is 57.8. The first-order valence-electron chi connectivity index (χ1n) is 18.9. The molecule has 0 spiro atoms. The van der Waals surface area contributed by atoms with Crippen molar-refractivity contribution in [2.24, 2.45) is 0 Å². The number of likely N-dealkylation sites (tertiary alicyclic amines) is 1. The predicted molar refractivity (Wildman–Crippen MR) is 201 cm³/mol. The first-order valence-corrected chi connectivity index (χ1v) is 18.9. The number of benzene rings is 1. The quantitative estimate of drug-likeness (QED) is 0.122. The largest absolute Gasteiger partial charge is 0.370 e.